The van der Waals surface area contributed by atoms with Crippen molar-refractivity contribution in [1.29, 1.82) is 0 Å². The molecule has 4 rings (SSSR count). The molecule has 0 aromatic heterocycles. The summed E-state index contributed by atoms with van der Waals surface area (Å²) in [6.45, 7) is 2.20. The second kappa shape index (κ2) is 8.30. The Kier molecular flexibility index (Phi) is 5.61. The third-order valence-corrected chi connectivity index (χ3v) is 6.18. The number of rotatable bonds is 5. The molecule has 1 aliphatic heterocycles. The van der Waals surface area contributed by atoms with Gasteiger partial charge in [0.1, 0.15) is 0 Å². The molecule has 2 heteroatoms. The molecule has 144 valence electrons. The van der Waals surface area contributed by atoms with Gasteiger partial charge < -0.3 is 10.4 Å². The molecular weight excluding hydrogens is 342 g/mol. The minimum Gasteiger partial charge on any atom is -0.389 e. The van der Waals surface area contributed by atoms with Crippen molar-refractivity contribution in [2.24, 2.45) is 5.92 Å². The van der Waals surface area contributed by atoms with E-state index in [1.54, 1.807) is 0 Å². The number of nitrogens with one attached hydrogen (secondary N) is 1. The van der Waals surface area contributed by atoms with E-state index in [-0.39, 0.29) is 18.0 Å². The maximum atomic E-state index is 12.0. The molecule has 0 unspecified atom stereocenters. The molecule has 0 spiro atoms. The predicted molar refractivity (Wildman–Crippen MR) is 115 cm³/mol. The third kappa shape index (κ3) is 3.89. The highest BCUT2D eigenvalue weighted by molar-refractivity contribution is 5.28. The van der Waals surface area contributed by atoms with Gasteiger partial charge in [-0.25, -0.2) is 0 Å². The Bertz CT molecular complexity index is 865. The van der Waals surface area contributed by atoms with Crippen molar-refractivity contribution < 1.29 is 5.11 Å². The van der Waals surface area contributed by atoms with E-state index in [0.29, 0.717) is 12.8 Å². The number of hydrogen-bond acceptors (Lipinski definition) is 2. The highest BCUT2D eigenvalue weighted by atomic mass is 16.3. The van der Waals surface area contributed by atoms with Gasteiger partial charge in [-0.1, -0.05) is 97.9 Å². The highest BCUT2D eigenvalue weighted by Crippen LogP contribution is 2.46. The number of piperidine rings is 1. The van der Waals surface area contributed by atoms with E-state index in [4.69, 9.17) is 0 Å². The lowest BCUT2D eigenvalue weighted by molar-refractivity contribution is -0.0761. The second-order valence-electron chi connectivity index (χ2n) is 8.00. The lowest BCUT2D eigenvalue weighted by atomic mass is 9.67. The van der Waals surface area contributed by atoms with Crippen molar-refractivity contribution in [1.82, 2.24) is 5.32 Å². The third-order valence-electron chi connectivity index (χ3n) is 6.18. The van der Waals surface area contributed by atoms with Gasteiger partial charge in [-0.3, -0.25) is 0 Å². The van der Waals surface area contributed by atoms with Crippen molar-refractivity contribution in [3.05, 3.63) is 108 Å². The molecule has 2 N–H and O–H groups in total. The molecule has 1 saturated heterocycles. The number of benzene rings is 3. The van der Waals surface area contributed by atoms with Crippen LogP contribution in [-0.2, 0) is 6.42 Å². The molecule has 0 radical (unpaired) electrons. The SMILES string of the molecule is CC[C@H]1[C@H](c2ccccc2)N[C@H](c2ccccc2)C[C@@]1(O)Cc1ccccc1. The maximum absolute atomic E-state index is 12.0. The molecule has 3 aromatic rings. The Morgan fingerprint density at radius 3 is 1.93 bits per heavy atom. The first-order valence-corrected chi connectivity index (χ1v) is 10.3. The summed E-state index contributed by atoms with van der Waals surface area (Å²) in [5.41, 5.74) is 2.93. The minimum atomic E-state index is -0.762. The normalized spacial score (nSPS) is 27.4. The molecule has 1 aliphatic rings. The zero-order chi connectivity index (χ0) is 19.4. The van der Waals surface area contributed by atoms with Crippen molar-refractivity contribution >= 4 is 0 Å². The van der Waals surface area contributed by atoms with Gasteiger partial charge in [0.2, 0.25) is 0 Å². The van der Waals surface area contributed by atoms with Crippen LogP contribution in [0.2, 0.25) is 0 Å². The van der Waals surface area contributed by atoms with Gasteiger partial charge in [-0.05, 0) is 29.5 Å². The van der Waals surface area contributed by atoms with Gasteiger partial charge in [0.15, 0.2) is 0 Å². The fourth-order valence-corrected chi connectivity index (χ4v) is 4.86. The molecule has 0 amide bonds. The summed E-state index contributed by atoms with van der Waals surface area (Å²) in [6, 6.07) is 31.8. The van der Waals surface area contributed by atoms with Gasteiger partial charge in [-0.15, -0.1) is 0 Å². The molecule has 0 aliphatic carbocycles. The first-order chi connectivity index (χ1) is 13.7. The van der Waals surface area contributed by atoms with Crippen LogP contribution in [0.25, 0.3) is 0 Å². The monoisotopic (exact) mass is 371 g/mol. The molecule has 2 nitrogen and oxygen atoms in total. The van der Waals surface area contributed by atoms with Crippen molar-refractivity contribution in [2.45, 2.75) is 43.9 Å². The zero-order valence-corrected chi connectivity index (χ0v) is 16.5. The van der Waals surface area contributed by atoms with Crippen LogP contribution < -0.4 is 5.32 Å². The summed E-state index contributed by atoms with van der Waals surface area (Å²) in [5, 5.41) is 15.9. The largest absolute Gasteiger partial charge is 0.389 e. The average molecular weight is 372 g/mol. The van der Waals surface area contributed by atoms with Gasteiger partial charge in [-0.2, -0.15) is 0 Å². The summed E-state index contributed by atoms with van der Waals surface area (Å²) in [6.07, 6.45) is 2.33. The van der Waals surface area contributed by atoms with Crippen molar-refractivity contribution in [2.75, 3.05) is 0 Å². The molecule has 1 heterocycles. The molecular formula is C26H29NO. The minimum absolute atomic E-state index is 0.124. The van der Waals surface area contributed by atoms with Crippen LogP contribution in [0.5, 0.6) is 0 Å². The highest BCUT2D eigenvalue weighted by Gasteiger charge is 2.47. The molecule has 4 atom stereocenters. The summed E-state index contributed by atoms with van der Waals surface area (Å²) in [4.78, 5) is 0. The van der Waals surface area contributed by atoms with Crippen LogP contribution in [-0.4, -0.2) is 10.7 Å². The average Bonchev–Trinajstić information content (AvgIpc) is 2.75. The Balaban J connectivity index is 1.73. The first kappa shape index (κ1) is 18.9. The Morgan fingerprint density at radius 1 is 0.821 bits per heavy atom. The summed E-state index contributed by atoms with van der Waals surface area (Å²) < 4.78 is 0. The van der Waals surface area contributed by atoms with E-state index in [2.05, 4.69) is 91.1 Å². The zero-order valence-electron chi connectivity index (χ0n) is 16.5. The van der Waals surface area contributed by atoms with Crippen molar-refractivity contribution in [3.8, 4) is 0 Å². The molecule has 1 fully saturated rings. The van der Waals surface area contributed by atoms with Gasteiger partial charge in [0, 0.05) is 24.4 Å². The van der Waals surface area contributed by atoms with E-state index < -0.39 is 5.60 Å². The second-order valence-corrected chi connectivity index (χ2v) is 8.00. The van der Waals surface area contributed by atoms with E-state index >= 15 is 0 Å². The van der Waals surface area contributed by atoms with E-state index in [1.165, 1.54) is 16.7 Å². The summed E-state index contributed by atoms with van der Waals surface area (Å²) >= 11 is 0. The van der Waals surface area contributed by atoms with Gasteiger partial charge in [0.25, 0.3) is 0 Å². The predicted octanol–water partition coefficient (Wildman–Crippen LogP) is 5.46. The fraction of sp³-hybridized carbons (Fsp3) is 0.308. The van der Waals surface area contributed by atoms with E-state index in [0.717, 1.165) is 6.42 Å². The molecule has 3 aromatic carbocycles. The van der Waals surface area contributed by atoms with Crippen LogP contribution in [0.1, 0.15) is 48.5 Å². The Hall–Kier alpha value is -2.42. The van der Waals surface area contributed by atoms with Crippen molar-refractivity contribution in [3.63, 3.8) is 0 Å². The molecule has 28 heavy (non-hydrogen) atoms. The molecule has 0 bridgehead atoms. The Labute approximate surface area is 168 Å². The number of aliphatic hydroxyl groups is 1. The maximum Gasteiger partial charge on any atom is 0.0752 e. The van der Waals surface area contributed by atoms with Gasteiger partial charge in [0.05, 0.1) is 5.60 Å². The quantitative estimate of drug-likeness (QED) is 0.624. The lowest BCUT2D eigenvalue weighted by Gasteiger charge is -2.49. The first-order valence-electron chi connectivity index (χ1n) is 10.3. The van der Waals surface area contributed by atoms with Crippen LogP contribution in [0, 0.1) is 5.92 Å². The van der Waals surface area contributed by atoms with Gasteiger partial charge >= 0.3 is 0 Å². The van der Waals surface area contributed by atoms with E-state index in [9.17, 15) is 5.11 Å². The van der Waals surface area contributed by atoms with Crippen LogP contribution >= 0.6 is 0 Å². The topological polar surface area (TPSA) is 32.3 Å². The molecule has 0 saturated carbocycles. The smallest absolute Gasteiger partial charge is 0.0752 e. The number of hydrogen-bond donors (Lipinski definition) is 2. The van der Waals surface area contributed by atoms with Crippen LogP contribution in [0.15, 0.2) is 91.0 Å². The lowest BCUT2D eigenvalue weighted by Crippen LogP contribution is -2.54. The summed E-state index contributed by atoms with van der Waals surface area (Å²) in [7, 11) is 0. The van der Waals surface area contributed by atoms with Crippen LogP contribution in [0.3, 0.4) is 0 Å². The Morgan fingerprint density at radius 2 is 1.36 bits per heavy atom. The van der Waals surface area contributed by atoms with E-state index in [1.807, 2.05) is 12.1 Å². The fourth-order valence-electron chi connectivity index (χ4n) is 4.86. The summed E-state index contributed by atoms with van der Waals surface area (Å²) in [5.74, 6) is 0.148. The standard InChI is InChI=1S/C26H29NO/c1-2-23-25(22-16-10-5-11-17-22)27-24(21-14-8-4-9-15-21)19-26(23,28)18-20-12-6-3-7-13-20/h3-17,23-25,27-28H,2,18-19H2,1H3/t23-,24-,25-,26-/m0/s1. The van der Waals surface area contributed by atoms with Crippen LogP contribution in [0.4, 0.5) is 0 Å².